The third-order valence-electron chi connectivity index (χ3n) is 10.2. The number of rotatable bonds is 5. The van der Waals surface area contributed by atoms with Crippen LogP contribution >= 0.6 is 11.3 Å². The molecule has 0 unspecified atom stereocenters. The van der Waals surface area contributed by atoms with Crippen molar-refractivity contribution in [2.24, 2.45) is 0 Å². The lowest BCUT2D eigenvalue weighted by molar-refractivity contribution is 0.675. The molecule has 3 heterocycles. The molecule has 0 saturated carbocycles. The van der Waals surface area contributed by atoms with Crippen molar-refractivity contribution in [1.29, 1.82) is 0 Å². The minimum Gasteiger partial charge on any atom is -0.453 e. The van der Waals surface area contributed by atoms with Crippen LogP contribution in [0.1, 0.15) is 0 Å². The second-order valence-corrected chi connectivity index (χ2v) is 14.4. The molecular weight excluding hydrogens is 681 g/mol. The van der Waals surface area contributed by atoms with E-state index < -0.39 is 0 Å². The Labute approximate surface area is 313 Å². The Morgan fingerprint density at radius 1 is 0.370 bits per heavy atom. The SMILES string of the molecule is c1ccc(-c2ccc(-c3nc(-c4ccccc4)nc(-c4cc5c6ccc7c8ccccc8ccc7c6oc5c5nc(-c6ccccc6)sc45)n3)cc2)cc1. The molecule has 11 aromatic rings. The summed E-state index contributed by atoms with van der Waals surface area (Å²) in [6.45, 7) is 0. The summed E-state index contributed by atoms with van der Waals surface area (Å²) in [4.78, 5) is 20.7. The van der Waals surface area contributed by atoms with E-state index in [-0.39, 0.29) is 0 Å². The fourth-order valence-electron chi connectivity index (χ4n) is 7.50. The summed E-state index contributed by atoms with van der Waals surface area (Å²) in [5.41, 5.74) is 8.47. The van der Waals surface area contributed by atoms with Crippen molar-refractivity contribution < 1.29 is 4.42 Å². The number of hydrogen-bond acceptors (Lipinski definition) is 6. The van der Waals surface area contributed by atoms with Gasteiger partial charge in [0.2, 0.25) is 0 Å². The summed E-state index contributed by atoms with van der Waals surface area (Å²) in [6.07, 6.45) is 0. The number of nitrogens with zero attached hydrogens (tertiary/aromatic N) is 4. The van der Waals surface area contributed by atoms with E-state index in [0.29, 0.717) is 17.5 Å². The number of thiazole rings is 1. The van der Waals surface area contributed by atoms with E-state index in [0.717, 1.165) is 81.3 Å². The average Bonchev–Trinajstić information content (AvgIpc) is 3.87. The maximum absolute atomic E-state index is 6.89. The lowest BCUT2D eigenvalue weighted by atomic mass is 9.99. The predicted octanol–water partition coefficient (Wildman–Crippen LogP) is 13.0. The molecule has 5 nitrogen and oxygen atoms in total. The van der Waals surface area contributed by atoms with Crippen molar-refractivity contribution in [1.82, 2.24) is 19.9 Å². The molecule has 0 amide bonds. The van der Waals surface area contributed by atoms with Crippen LogP contribution in [-0.4, -0.2) is 19.9 Å². The van der Waals surface area contributed by atoms with Crippen LogP contribution in [0.2, 0.25) is 0 Å². The van der Waals surface area contributed by atoms with Gasteiger partial charge in [0.25, 0.3) is 0 Å². The van der Waals surface area contributed by atoms with Crippen molar-refractivity contribution in [3.05, 3.63) is 170 Å². The molecule has 11 rings (SSSR count). The Kier molecular flexibility index (Phi) is 6.97. The maximum atomic E-state index is 6.89. The number of benzene rings is 8. The van der Waals surface area contributed by atoms with E-state index in [4.69, 9.17) is 24.4 Å². The smallest absolute Gasteiger partial charge is 0.165 e. The van der Waals surface area contributed by atoms with Crippen LogP contribution in [0.25, 0.3) is 110 Å². The zero-order valence-electron chi connectivity index (χ0n) is 28.8. The third-order valence-corrected chi connectivity index (χ3v) is 11.3. The largest absolute Gasteiger partial charge is 0.453 e. The van der Waals surface area contributed by atoms with Gasteiger partial charge in [0, 0.05) is 38.4 Å². The maximum Gasteiger partial charge on any atom is 0.165 e. The van der Waals surface area contributed by atoms with Gasteiger partial charge >= 0.3 is 0 Å². The fraction of sp³-hybridized carbons (Fsp3) is 0. The van der Waals surface area contributed by atoms with Crippen molar-refractivity contribution in [2.45, 2.75) is 0 Å². The topological polar surface area (TPSA) is 64.7 Å². The van der Waals surface area contributed by atoms with Gasteiger partial charge in [-0.3, -0.25) is 0 Å². The molecule has 0 aliphatic rings. The Hall–Kier alpha value is -7.02. The van der Waals surface area contributed by atoms with E-state index in [2.05, 4.69) is 115 Å². The van der Waals surface area contributed by atoms with Crippen molar-refractivity contribution in [3.63, 3.8) is 0 Å². The lowest BCUT2D eigenvalue weighted by Gasteiger charge is -2.10. The monoisotopic (exact) mass is 708 g/mol. The molecule has 0 fully saturated rings. The Morgan fingerprint density at radius 3 is 1.65 bits per heavy atom. The molecule has 6 heteroatoms. The fourth-order valence-corrected chi connectivity index (χ4v) is 8.58. The van der Waals surface area contributed by atoms with E-state index in [1.54, 1.807) is 11.3 Å². The normalized spacial score (nSPS) is 11.7. The molecule has 0 aliphatic heterocycles. The van der Waals surface area contributed by atoms with E-state index in [1.165, 1.54) is 10.8 Å². The molecule has 0 atom stereocenters. The van der Waals surface area contributed by atoms with Gasteiger partial charge in [-0.05, 0) is 45.5 Å². The molecule has 0 saturated heterocycles. The van der Waals surface area contributed by atoms with Crippen LogP contribution < -0.4 is 0 Å². The van der Waals surface area contributed by atoms with Crippen molar-refractivity contribution in [3.8, 4) is 55.9 Å². The summed E-state index contributed by atoms with van der Waals surface area (Å²) in [5, 5.41) is 7.54. The van der Waals surface area contributed by atoms with Crippen molar-refractivity contribution in [2.75, 3.05) is 0 Å². The molecule has 0 aliphatic carbocycles. The predicted molar refractivity (Wildman–Crippen MR) is 222 cm³/mol. The van der Waals surface area contributed by atoms with Crippen LogP contribution in [0, 0.1) is 0 Å². The molecule has 3 aromatic heterocycles. The van der Waals surface area contributed by atoms with Crippen LogP contribution in [0.3, 0.4) is 0 Å². The molecule has 54 heavy (non-hydrogen) atoms. The summed E-state index contributed by atoms with van der Waals surface area (Å²) < 4.78 is 7.86. The quantitative estimate of drug-likeness (QED) is 0.167. The molecule has 0 spiro atoms. The zero-order valence-corrected chi connectivity index (χ0v) is 29.6. The highest BCUT2D eigenvalue weighted by molar-refractivity contribution is 7.22. The highest BCUT2D eigenvalue weighted by Gasteiger charge is 2.23. The second-order valence-electron chi connectivity index (χ2n) is 13.4. The zero-order chi connectivity index (χ0) is 35.6. The molecular formula is C48H28N4OS. The third kappa shape index (κ3) is 4.99. The summed E-state index contributed by atoms with van der Waals surface area (Å²) in [7, 11) is 0. The Morgan fingerprint density at radius 2 is 0.907 bits per heavy atom. The van der Waals surface area contributed by atoms with E-state index >= 15 is 0 Å². The number of fused-ring (bicyclic) bond motifs is 9. The Balaban J connectivity index is 1.18. The van der Waals surface area contributed by atoms with Gasteiger partial charge in [-0.15, -0.1) is 11.3 Å². The molecule has 0 radical (unpaired) electrons. The van der Waals surface area contributed by atoms with Crippen LogP contribution in [0.4, 0.5) is 0 Å². The molecule has 252 valence electrons. The Bertz CT molecular complexity index is 3190. The highest BCUT2D eigenvalue weighted by atomic mass is 32.1. The van der Waals surface area contributed by atoms with Gasteiger partial charge in [-0.1, -0.05) is 152 Å². The molecule has 8 aromatic carbocycles. The first-order chi connectivity index (χ1) is 26.7. The van der Waals surface area contributed by atoms with Gasteiger partial charge < -0.3 is 4.42 Å². The minimum atomic E-state index is 0.585. The van der Waals surface area contributed by atoms with Gasteiger partial charge in [0.15, 0.2) is 23.1 Å². The van der Waals surface area contributed by atoms with Crippen LogP contribution in [0.15, 0.2) is 174 Å². The van der Waals surface area contributed by atoms with Crippen LogP contribution in [0.5, 0.6) is 0 Å². The van der Waals surface area contributed by atoms with Gasteiger partial charge in [0.1, 0.15) is 16.1 Å². The average molecular weight is 709 g/mol. The molecule has 0 N–H and O–H groups in total. The van der Waals surface area contributed by atoms with Crippen LogP contribution in [-0.2, 0) is 0 Å². The van der Waals surface area contributed by atoms with Gasteiger partial charge in [-0.25, -0.2) is 19.9 Å². The summed E-state index contributed by atoms with van der Waals surface area (Å²) in [6, 6.07) is 58.7. The van der Waals surface area contributed by atoms with Crippen molar-refractivity contribution >= 4 is 65.0 Å². The van der Waals surface area contributed by atoms with Gasteiger partial charge in [-0.2, -0.15) is 0 Å². The standard InChI is InChI=1S/C48H28N4OS/c1-4-12-29(13-5-1)30-20-22-33(23-21-30)46-50-45(32-15-6-2-7-16-32)51-47(52-46)40-28-39-38-27-26-36-35-19-11-10-14-31(35)24-25-37(36)42(38)53-43(39)41-44(40)54-48(49-41)34-17-8-3-9-18-34/h1-28H. The first-order valence-corrected chi connectivity index (χ1v) is 18.7. The minimum absolute atomic E-state index is 0.585. The summed E-state index contributed by atoms with van der Waals surface area (Å²) in [5.74, 6) is 1.80. The highest BCUT2D eigenvalue weighted by Crippen LogP contribution is 2.45. The number of aromatic nitrogens is 4. The summed E-state index contributed by atoms with van der Waals surface area (Å²) >= 11 is 1.63. The second kappa shape index (κ2) is 12.3. The number of hydrogen-bond donors (Lipinski definition) is 0. The van der Waals surface area contributed by atoms with E-state index in [9.17, 15) is 0 Å². The van der Waals surface area contributed by atoms with E-state index in [1.807, 2.05) is 54.6 Å². The molecule has 0 bridgehead atoms. The van der Waals surface area contributed by atoms with Gasteiger partial charge in [0.05, 0.1) is 4.70 Å². The number of furan rings is 1. The first kappa shape index (κ1) is 30.6. The lowest BCUT2D eigenvalue weighted by Crippen LogP contribution is -2.00. The first-order valence-electron chi connectivity index (χ1n) is 17.9.